The van der Waals surface area contributed by atoms with Crippen molar-refractivity contribution in [1.29, 1.82) is 0 Å². The fourth-order valence-corrected chi connectivity index (χ4v) is 10.8. The highest BCUT2D eigenvalue weighted by Gasteiger charge is 2.59. The fourth-order valence-electron chi connectivity index (χ4n) is 10.8. The molecule has 0 amide bonds. The highest BCUT2D eigenvalue weighted by Crippen LogP contribution is 2.67. The number of nitrogens with zero attached hydrogens (tertiary/aromatic N) is 1. The van der Waals surface area contributed by atoms with Crippen LogP contribution in [-0.2, 0) is 27.1 Å². The van der Waals surface area contributed by atoms with Crippen LogP contribution in [0, 0.1) is 10.8 Å². The zero-order chi connectivity index (χ0) is 38.1. The van der Waals surface area contributed by atoms with E-state index in [-0.39, 0.29) is 37.9 Å². The van der Waals surface area contributed by atoms with Crippen LogP contribution in [0.5, 0.6) is 0 Å². The number of benzene rings is 5. The SMILES string of the molecule is CC1(C)c2cc3c(cc2N(c2ccc(-c4cccc5c4oc4ccccc45)cc2)c2cc4c(cc21)C(C)(C)C(C)(C)C4(C)C)C(C)(C)C(C)(C)C3(C)C. The lowest BCUT2D eigenvalue weighted by atomic mass is 9.59. The van der Waals surface area contributed by atoms with Crippen LogP contribution in [-0.4, -0.2) is 0 Å². The highest BCUT2D eigenvalue weighted by atomic mass is 16.3. The van der Waals surface area contributed by atoms with Crippen molar-refractivity contribution in [3.63, 3.8) is 0 Å². The number of hydrogen-bond donors (Lipinski definition) is 0. The maximum Gasteiger partial charge on any atom is 0.143 e. The smallest absolute Gasteiger partial charge is 0.143 e. The van der Waals surface area contributed by atoms with Crippen molar-refractivity contribution in [3.05, 3.63) is 124 Å². The highest BCUT2D eigenvalue weighted by molar-refractivity contribution is 6.09. The van der Waals surface area contributed by atoms with E-state index in [1.165, 1.54) is 50.4 Å². The van der Waals surface area contributed by atoms with Gasteiger partial charge in [-0.2, -0.15) is 0 Å². The molecule has 5 aromatic carbocycles. The Balaban J connectivity index is 1.30. The second-order valence-electron chi connectivity index (χ2n) is 20.4. The summed E-state index contributed by atoms with van der Waals surface area (Å²) in [5.74, 6) is 0. The maximum atomic E-state index is 6.48. The minimum Gasteiger partial charge on any atom is -0.455 e. The summed E-state index contributed by atoms with van der Waals surface area (Å²) in [5, 5.41) is 2.32. The molecule has 0 atom stereocenters. The average Bonchev–Trinajstić information content (AvgIpc) is 3.57. The molecular weight excluding hydrogens is 643 g/mol. The molecule has 1 aliphatic heterocycles. The Kier molecular flexibility index (Phi) is 6.54. The van der Waals surface area contributed by atoms with Gasteiger partial charge in [0.05, 0.1) is 11.4 Å². The third-order valence-electron chi connectivity index (χ3n) is 16.9. The molecule has 0 saturated carbocycles. The number of hydrogen-bond acceptors (Lipinski definition) is 2. The fraction of sp³-hybridized carbons (Fsp3) is 0.412. The van der Waals surface area contributed by atoms with Crippen LogP contribution in [0.25, 0.3) is 33.1 Å². The molecule has 0 radical (unpaired) electrons. The number of fused-ring (bicyclic) bond motifs is 7. The second kappa shape index (κ2) is 10.1. The van der Waals surface area contributed by atoms with Crippen LogP contribution >= 0.6 is 0 Å². The maximum absolute atomic E-state index is 6.48. The molecule has 0 N–H and O–H groups in total. The lowest BCUT2D eigenvalue weighted by Gasteiger charge is -2.44. The summed E-state index contributed by atoms with van der Waals surface area (Å²) in [6.45, 7) is 34.6. The van der Waals surface area contributed by atoms with E-state index in [0.29, 0.717) is 0 Å². The summed E-state index contributed by atoms with van der Waals surface area (Å²) in [4.78, 5) is 2.60. The van der Waals surface area contributed by atoms with Gasteiger partial charge in [0, 0.05) is 27.4 Å². The van der Waals surface area contributed by atoms with Gasteiger partial charge in [-0.15, -0.1) is 0 Å². The molecular formula is C51H57NO. The summed E-state index contributed by atoms with van der Waals surface area (Å²) >= 11 is 0. The Labute approximate surface area is 317 Å². The Hall–Kier alpha value is -4.30. The van der Waals surface area contributed by atoms with Gasteiger partial charge < -0.3 is 9.32 Å². The monoisotopic (exact) mass is 699 g/mol. The Morgan fingerprint density at radius 1 is 0.434 bits per heavy atom. The molecule has 6 aromatic rings. The molecule has 0 saturated heterocycles. The lowest BCUT2D eigenvalue weighted by Crippen LogP contribution is -2.42. The van der Waals surface area contributed by atoms with E-state index in [1.807, 2.05) is 6.07 Å². The third kappa shape index (κ3) is 3.96. The summed E-state index contributed by atoms with van der Waals surface area (Å²) in [6, 6.07) is 34.5. The van der Waals surface area contributed by atoms with E-state index in [9.17, 15) is 0 Å². The van der Waals surface area contributed by atoms with E-state index in [4.69, 9.17) is 4.42 Å². The molecule has 2 heterocycles. The van der Waals surface area contributed by atoms with Crippen molar-refractivity contribution >= 4 is 39.0 Å². The van der Waals surface area contributed by atoms with Crippen molar-refractivity contribution < 1.29 is 4.42 Å². The summed E-state index contributed by atoms with van der Waals surface area (Å²) in [6.07, 6.45) is 0. The molecule has 2 heteroatoms. The van der Waals surface area contributed by atoms with E-state index in [0.717, 1.165) is 33.1 Å². The predicted molar refractivity (Wildman–Crippen MR) is 226 cm³/mol. The first kappa shape index (κ1) is 34.5. The van der Waals surface area contributed by atoms with Crippen LogP contribution < -0.4 is 4.90 Å². The van der Waals surface area contributed by atoms with Crippen LogP contribution in [0.1, 0.15) is 130 Å². The minimum atomic E-state index is -0.192. The average molecular weight is 700 g/mol. The molecule has 3 aliphatic rings. The largest absolute Gasteiger partial charge is 0.455 e. The number of para-hydroxylation sites is 2. The lowest BCUT2D eigenvalue weighted by molar-refractivity contribution is 0.125. The van der Waals surface area contributed by atoms with Crippen molar-refractivity contribution in [2.45, 2.75) is 124 Å². The van der Waals surface area contributed by atoms with Crippen LogP contribution in [0.3, 0.4) is 0 Å². The molecule has 1 aromatic heterocycles. The third-order valence-corrected chi connectivity index (χ3v) is 16.9. The first-order chi connectivity index (χ1) is 24.6. The van der Waals surface area contributed by atoms with Gasteiger partial charge in [-0.3, -0.25) is 0 Å². The van der Waals surface area contributed by atoms with Gasteiger partial charge in [0.15, 0.2) is 0 Å². The zero-order valence-corrected chi connectivity index (χ0v) is 34.5. The number of anilines is 3. The van der Waals surface area contributed by atoms with E-state index in [1.54, 1.807) is 0 Å². The van der Waals surface area contributed by atoms with E-state index < -0.39 is 0 Å². The van der Waals surface area contributed by atoms with Gasteiger partial charge in [-0.25, -0.2) is 0 Å². The normalized spacial score (nSPS) is 21.7. The molecule has 2 nitrogen and oxygen atoms in total. The molecule has 0 unspecified atom stereocenters. The molecule has 9 rings (SSSR count). The van der Waals surface area contributed by atoms with Gasteiger partial charge in [-0.05, 0) is 102 Å². The molecule has 53 heavy (non-hydrogen) atoms. The molecule has 2 aliphatic carbocycles. The van der Waals surface area contributed by atoms with Gasteiger partial charge >= 0.3 is 0 Å². The topological polar surface area (TPSA) is 16.4 Å². The number of furan rings is 1. The van der Waals surface area contributed by atoms with E-state index in [2.05, 4.69) is 187 Å². The molecule has 272 valence electrons. The van der Waals surface area contributed by atoms with Crippen molar-refractivity contribution in [1.82, 2.24) is 0 Å². The summed E-state index contributed by atoms with van der Waals surface area (Å²) < 4.78 is 6.48. The standard InChI is InChI=1S/C51H57NO/c1-45(2)39-26-35-37(48(7,8)50(11,12)46(35,3)4)28-41(39)52(42-29-38-36(27-40(42)45)47(5,6)51(13,14)49(38,9)10)31-24-22-30(23-25-31)32-19-17-20-34-33-18-15-16-21-43(33)53-44(32)34/h15-29H,1-14H3. The zero-order valence-electron chi connectivity index (χ0n) is 34.5. The Morgan fingerprint density at radius 2 is 0.887 bits per heavy atom. The Morgan fingerprint density at radius 3 is 1.40 bits per heavy atom. The van der Waals surface area contributed by atoms with Crippen molar-refractivity contribution in [2.24, 2.45) is 10.8 Å². The minimum absolute atomic E-state index is 0.0000495. The summed E-state index contributed by atoms with van der Waals surface area (Å²) in [5.41, 5.74) is 16.8. The van der Waals surface area contributed by atoms with E-state index >= 15 is 0 Å². The van der Waals surface area contributed by atoms with Crippen LogP contribution in [0.2, 0.25) is 0 Å². The predicted octanol–water partition coefficient (Wildman–Crippen LogP) is 14.6. The van der Waals surface area contributed by atoms with Gasteiger partial charge in [-0.1, -0.05) is 158 Å². The van der Waals surface area contributed by atoms with Gasteiger partial charge in [0.25, 0.3) is 0 Å². The summed E-state index contributed by atoms with van der Waals surface area (Å²) in [7, 11) is 0. The Bertz CT molecular complexity index is 2430. The second-order valence-corrected chi connectivity index (χ2v) is 20.4. The van der Waals surface area contributed by atoms with Gasteiger partial charge in [0.2, 0.25) is 0 Å². The number of rotatable bonds is 2. The molecule has 0 bridgehead atoms. The molecule has 0 spiro atoms. The molecule has 0 fully saturated rings. The van der Waals surface area contributed by atoms with Gasteiger partial charge in [0.1, 0.15) is 11.2 Å². The van der Waals surface area contributed by atoms with Crippen LogP contribution in [0.4, 0.5) is 17.1 Å². The van der Waals surface area contributed by atoms with Crippen LogP contribution in [0.15, 0.2) is 95.4 Å². The first-order valence-electron chi connectivity index (χ1n) is 19.8. The first-order valence-corrected chi connectivity index (χ1v) is 19.8. The van der Waals surface area contributed by atoms with Crippen molar-refractivity contribution in [2.75, 3.05) is 4.90 Å². The van der Waals surface area contributed by atoms with Crippen molar-refractivity contribution in [3.8, 4) is 11.1 Å². The quantitative estimate of drug-likeness (QED) is 0.179.